The van der Waals surface area contributed by atoms with E-state index in [4.69, 9.17) is 21.3 Å². The standard InChI is InChI=1S/C32H32ClN5O4/c1-19-22(8-7-11-26(19)35-29(40)25-14-15-34-37(4)31(25)41)23-9-6-10-24(28(23)33)27-13-12-21(30(36-27)42-5)16-38-17-32(3,18-38)20(2)39/h6-15H,16-18H2,1-5H3,(H,35,40). The molecule has 1 aliphatic heterocycles. The molecule has 3 heterocycles. The van der Waals surface area contributed by atoms with Crippen LogP contribution in [0.2, 0.25) is 5.02 Å². The Labute approximate surface area is 249 Å². The molecule has 0 aliphatic carbocycles. The highest BCUT2D eigenvalue weighted by atomic mass is 35.5. The van der Waals surface area contributed by atoms with Crippen LogP contribution in [0.25, 0.3) is 22.4 Å². The summed E-state index contributed by atoms with van der Waals surface area (Å²) in [4.78, 5) is 44.2. The molecule has 4 aromatic rings. The number of Topliss-reactive ketones (excluding diaryl/α,β-unsaturated/α-hetero) is 1. The van der Waals surface area contributed by atoms with E-state index < -0.39 is 11.5 Å². The molecule has 0 spiro atoms. The largest absolute Gasteiger partial charge is 0.481 e. The van der Waals surface area contributed by atoms with Crippen molar-refractivity contribution in [2.75, 3.05) is 25.5 Å². The number of benzene rings is 2. The molecule has 10 heteroatoms. The van der Waals surface area contributed by atoms with Gasteiger partial charge in [0, 0.05) is 55.3 Å². The second-order valence-electron chi connectivity index (χ2n) is 10.9. The lowest BCUT2D eigenvalue weighted by Gasteiger charge is -2.46. The molecule has 1 aliphatic rings. The molecule has 2 aromatic heterocycles. The Balaban J connectivity index is 1.42. The van der Waals surface area contributed by atoms with Gasteiger partial charge in [0.05, 0.1) is 23.2 Å². The lowest BCUT2D eigenvalue weighted by molar-refractivity contribution is -0.135. The number of halogens is 1. The highest BCUT2D eigenvalue weighted by Crippen LogP contribution is 2.40. The Kier molecular flexibility index (Phi) is 7.99. The van der Waals surface area contributed by atoms with Crippen molar-refractivity contribution in [1.29, 1.82) is 0 Å². The second-order valence-corrected chi connectivity index (χ2v) is 11.3. The zero-order chi connectivity index (χ0) is 30.2. The predicted octanol–water partition coefficient (Wildman–Crippen LogP) is 5.14. The molecule has 0 saturated carbocycles. The Bertz CT molecular complexity index is 1760. The normalized spacial score (nSPS) is 14.2. The number of amides is 1. The van der Waals surface area contributed by atoms with Crippen LogP contribution < -0.4 is 15.6 Å². The van der Waals surface area contributed by atoms with Crippen LogP contribution in [0.1, 0.15) is 35.3 Å². The minimum absolute atomic E-state index is 0.00257. The quantitative estimate of drug-likeness (QED) is 0.305. The topological polar surface area (TPSA) is 106 Å². The summed E-state index contributed by atoms with van der Waals surface area (Å²) in [5.74, 6) is 0.198. The van der Waals surface area contributed by atoms with Crippen LogP contribution in [-0.2, 0) is 18.4 Å². The summed E-state index contributed by atoms with van der Waals surface area (Å²) in [6, 6.07) is 16.6. The minimum atomic E-state index is -0.515. The van der Waals surface area contributed by atoms with E-state index in [0.29, 0.717) is 41.9 Å². The molecule has 42 heavy (non-hydrogen) atoms. The van der Waals surface area contributed by atoms with Crippen LogP contribution >= 0.6 is 11.6 Å². The van der Waals surface area contributed by atoms with Crippen LogP contribution in [0.15, 0.2) is 65.6 Å². The van der Waals surface area contributed by atoms with Crippen LogP contribution in [0.3, 0.4) is 0 Å². The lowest BCUT2D eigenvalue weighted by atomic mass is 9.78. The number of aromatic nitrogens is 3. The van der Waals surface area contributed by atoms with E-state index in [1.807, 2.05) is 56.3 Å². The Hall–Kier alpha value is -4.34. The number of nitrogens with one attached hydrogen (secondary N) is 1. The first-order valence-corrected chi connectivity index (χ1v) is 13.9. The maximum atomic E-state index is 12.9. The van der Waals surface area contributed by atoms with E-state index in [2.05, 4.69) is 15.3 Å². The maximum absolute atomic E-state index is 12.9. The highest BCUT2D eigenvalue weighted by Gasteiger charge is 2.42. The molecule has 1 saturated heterocycles. The number of methoxy groups -OCH3 is 1. The van der Waals surface area contributed by atoms with Crippen molar-refractivity contribution in [1.82, 2.24) is 19.7 Å². The number of nitrogens with zero attached hydrogens (tertiary/aromatic N) is 4. The molecule has 1 amide bonds. The van der Waals surface area contributed by atoms with Crippen LogP contribution in [0, 0.1) is 12.3 Å². The average Bonchev–Trinajstić information content (AvgIpc) is 2.95. The number of aryl methyl sites for hydroxylation is 1. The first-order chi connectivity index (χ1) is 20.0. The Morgan fingerprint density at radius 3 is 2.45 bits per heavy atom. The van der Waals surface area contributed by atoms with E-state index in [1.54, 1.807) is 20.1 Å². The molecule has 2 aromatic carbocycles. The van der Waals surface area contributed by atoms with Crippen molar-refractivity contribution in [2.45, 2.75) is 27.3 Å². The summed E-state index contributed by atoms with van der Waals surface area (Å²) < 4.78 is 6.76. The van der Waals surface area contributed by atoms with Crippen LogP contribution in [0.4, 0.5) is 5.69 Å². The molecule has 9 nitrogen and oxygen atoms in total. The molecule has 216 valence electrons. The Morgan fingerprint density at radius 2 is 1.74 bits per heavy atom. The molecule has 5 rings (SSSR count). The fraction of sp³-hybridized carbons (Fsp3) is 0.281. The Morgan fingerprint density at radius 1 is 1.05 bits per heavy atom. The highest BCUT2D eigenvalue weighted by molar-refractivity contribution is 6.36. The minimum Gasteiger partial charge on any atom is -0.481 e. The third-order valence-corrected chi connectivity index (χ3v) is 8.33. The van der Waals surface area contributed by atoms with Gasteiger partial charge in [0.25, 0.3) is 11.5 Å². The van der Waals surface area contributed by atoms with Gasteiger partial charge in [-0.3, -0.25) is 19.3 Å². The monoisotopic (exact) mass is 585 g/mol. The molecule has 1 N–H and O–H groups in total. The van der Waals surface area contributed by atoms with E-state index >= 15 is 0 Å². The van der Waals surface area contributed by atoms with Crippen molar-refractivity contribution in [2.24, 2.45) is 12.5 Å². The molecular weight excluding hydrogens is 554 g/mol. The van der Waals surface area contributed by atoms with Crippen LogP contribution in [-0.4, -0.2) is 51.6 Å². The number of ketones is 1. The fourth-order valence-corrected chi connectivity index (χ4v) is 5.63. The number of anilines is 1. The third-order valence-electron chi connectivity index (χ3n) is 7.92. The molecule has 1 fully saturated rings. The van der Waals surface area contributed by atoms with Gasteiger partial charge in [-0.1, -0.05) is 54.9 Å². The van der Waals surface area contributed by atoms with Gasteiger partial charge in [-0.25, -0.2) is 9.67 Å². The van der Waals surface area contributed by atoms with Crippen molar-refractivity contribution in [3.05, 3.63) is 92.9 Å². The van der Waals surface area contributed by atoms with Crippen molar-refractivity contribution < 1.29 is 14.3 Å². The van der Waals surface area contributed by atoms with Gasteiger partial charge in [0.15, 0.2) is 0 Å². The SMILES string of the molecule is COc1nc(-c2cccc(-c3cccc(NC(=O)c4ccnn(C)c4=O)c3C)c2Cl)ccc1CN1CC(C)(C(C)=O)C1. The summed E-state index contributed by atoms with van der Waals surface area (Å²) in [5.41, 5.74) is 4.53. The summed E-state index contributed by atoms with van der Waals surface area (Å²) >= 11 is 6.99. The number of ether oxygens (including phenoxy) is 1. The van der Waals surface area contributed by atoms with Gasteiger partial charge in [-0.05, 0) is 43.2 Å². The van der Waals surface area contributed by atoms with Crippen molar-refractivity contribution in [3.63, 3.8) is 0 Å². The van der Waals surface area contributed by atoms with Crippen LogP contribution in [0.5, 0.6) is 5.88 Å². The van der Waals surface area contributed by atoms with Gasteiger partial charge in [-0.2, -0.15) is 5.10 Å². The first-order valence-electron chi connectivity index (χ1n) is 13.5. The summed E-state index contributed by atoms with van der Waals surface area (Å²) in [6.45, 7) is 7.58. The molecule has 0 bridgehead atoms. The summed E-state index contributed by atoms with van der Waals surface area (Å²) in [7, 11) is 3.09. The van der Waals surface area contributed by atoms with Crippen molar-refractivity contribution in [3.8, 4) is 28.3 Å². The van der Waals surface area contributed by atoms with E-state index in [0.717, 1.165) is 32.5 Å². The number of carbonyl (C=O) groups is 2. The number of pyridine rings is 1. The molecular formula is C32H32ClN5O4. The second kappa shape index (κ2) is 11.5. The lowest BCUT2D eigenvalue weighted by Crippen LogP contribution is -2.57. The zero-order valence-electron chi connectivity index (χ0n) is 24.2. The van der Waals surface area contributed by atoms with Gasteiger partial charge >= 0.3 is 0 Å². The first kappa shape index (κ1) is 29.2. The maximum Gasteiger partial charge on any atom is 0.279 e. The summed E-state index contributed by atoms with van der Waals surface area (Å²) in [5, 5.41) is 7.23. The fourth-order valence-electron chi connectivity index (χ4n) is 5.30. The van der Waals surface area contributed by atoms with E-state index in [1.165, 1.54) is 19.3 Å². The number of hydrogen-bond donors (Lipinski definition) is 1. The van der Waals surface area contributed by atoms with Crippen molar-refractivity contribution >= 4 is 29.0 Å². The molecule has 0 atom stereocenters. The zero-order valence-corrected chi connectivity index (χ0v) is 25.0. The predicted molar refractivity (Wildman–Crippen MR) is 163 cm³/mol. The number of rotatable bonds is 8. The van der Waals surface area contributed by atoms with Gasteiger partial charge in [-0.15, -0.1) is 0 Å². The number of carbonyl (C=O) groups excluding carboxylic acids is 2. The molecule has 0 radical (unpaired) electrons. The summed E-state index contributed by atoms with van der Waals surface area (Å²) in [6.07, 6.45) is 1.41. The van der Waals surface area contributed by atoms with E-state index in [-0.39, 0.29) is 16.8 Å². The number of hydrogen-bond acceptors (Lipinski definition) is 7. The van der Waals surface area contributed by atoms with Gasteiger partial charge < -0.3 is 10.1 Å². The van der Waals surface area contributed by atoms with Gasteiger partial charge in [0.1, 0.15) is 11.3 Å². The smallest absolute Gasteiger partial charge is 0.279 e. The molecule has 0 unspecified atom stereocenters. The number of likely N-dealkylation sites (tertiary alicyclic amines) is 1. The third kappa shape index (κ3) is 5.45. The van der Waals surface area contributed by atoms with Gasteiger partial charge in [0.2, 0.25) is 5.88 Å². The van der Waals surface area contributed by atoms with E-state index in [9.17, 15) is 14.4 Å². The average molecular weight is 586 g/mol.